The standard InChI is InChI=1S/C19H38N4O3S.HI/c1-4-26-18(17-7-5-6-8-17)9-12-21-19(20-2)22-15-16-10-13-23(14-11-16)27(3,24)25;/h16-18H,4-15H2,1-3H3,(H2,20,21,22);1H. The molecule has 0 amide bonds. The van der Waals surface area contributed by atoms with E-state index in [2.05, 4.69) is 22.5 Å². The summed E-state index contributed by atoms with van der Waals surface area (Å²) in [5.74, 6) is 2.01. The highest BCUT2D eigenvalue weighted by Gasteiger charge is 2.26. The van der Waals surface area contributed by atoms with Crippen LogP contribution >= 0.6 is 24.0 Å². The molecule has 1 aliphatic heterocycles. The van der Waals surface area contributed by atoms with E-state index in [1.165, 1.54) is 31.9 Å². The highest BCUT2D eigenvalue weighted by molar-refractivity contribution is 14.0. The zero-order valence-electron chi connectivity index (χ0n) is 17.7. The molecule has 1 saturated carbocycles. The van der Waals surface area contributed by atoms with Crippen LogP contribution in [0, 0.1) is 11.8 Å². The van der Waals surface area contributed by atoms with Crippen molar-refractivity contribution in [1.29, 1.82) is 0 Å². The molecule has 1 unspecified atom stereocenters. The van der Waals surface area contributed by atoms with Gasteiger partial charge in [0, 0.05) is 39.8 Å². The van der Waals surface area contributed by atoms with Crippen molar-refractivity contribution in [3.8, 4) is 0 Å². The fourth-order valence-corrected chi connectivity index (χ4v) is 5.11. The SMILES string of the molecule is CCOC(CCNC(=NC)NCC1CCN(S(C)(=O)=O)CC1)C1CCCC1.I. The molecule has 0 radical (unpaired) electrons. The molecule has 28 heavy (non-hydrogen) atoms. The molecule has 1 atom stereocenters. The molecule has 2 fully saturated rings. The van der Waals surface area contributed by atoms with Gasteiger partial charge in [-0.2, -0.15) is 0 Å². The topological polar surface area (TPSA) is 83.0 Å². The van der Waals surface area contributed by atoms with Crippen molar-refractivity contribution in [1.82, 2.24) is 14.9 Å². The van der Waals surface area contributed by atoms with Crippen molar-refractivity contribution in [2.75, 3.05) is 46.1 Å². The monoisotopic (exact) mass is 530 g/mol. The van der Waals surface area contributed by atoms with Gasteiger partial charge in [-0.25, -0.2) is 12.7 Å². The van der Waals surface area contributed by atoms with Gasteiger partial charge in [0.25, 0.3) is 0 Å². The van der Waals surface area contributed by atoms with Gasteiger partial charge >= 0.3 is 0 Å². The fourth-order valence-electron chi connectivity index (χ4n) is 4.24. The van der Waals surface area contributed by atoms with Gasteiger partial charge in [0.05, 0.1) is 12.4 Å². The number of nitrogens with zero attached hydrogens (tertiary/aromatic N) is 2. The van der Waals surface area contributed by atoms with Crippen LogP contribution in [-0.2, 0) is 14.8 Å². The van der Waals surface area contributed by atoms with Crippen molar-refractivity contribution in [2.24, 2.45) is 16.8 Å². The smallest absolute Gasteiger partial charge is 0.211 e. The Bertz CT molecular complexity index is 560. The largest absolute Gasteiger partial charge is 0.378 e. The molecule has 0 bridgehead atoms. The predicted molar refractivity (Wildman–Crippen MR) is 126 cm³/mol. The van der Waals surface area contributed by atoms with Crippen LogP contribution in [0.15, 0.2) is 4.99 Å². The number of rotatable bonds is 9. The molecule has 9 heteroatoms. The highest BCUT2D eigenvalue weighted by Crippen LogP contribution is 2.30. The van der Waals surface area contributed by atoms with Gasteiger partial charge in [-0.1, -0.05) is 12.8 Å². The molecule has 2 aliphatic rings. The van der Waals surface area contributed by atoms with E-state index in [0.29, 0.717) is 31.0 Å². The van der Waals surface area contributed by atoms with Crippen molar-refractivity contribution >= 4 is 40.0 Å². The van der Waals surface area contributed by atoms with Gasteiger partial charge in [-0.15, -0.1) is 24.0 Å². The maximum absolute atomic E-state index is 11.6. The number of guanidine groups is 1. The first-order valence-electron chi connectivity index (χ1n) is 10.4. The minimum absolute atomic E-state index is 0. The van der Waals surface area contributed by atoms with Gasteiger partial charge in [0.1, 0.15) is 0 Å². The lowest BCUT2D eigenvalue weighted by Gasteiger charge is -2.30. The van der Waals surface area contributed by atoms with Gasteiger partial charge in [0.2, 0.25) is 10.0 Å². The Morgan fingerprint density at radius 1 is 1.18 bits per heavy atom. The van der Waals surface area contributed by atoms with Gasteiger partial charge < -0.3 is 15.4 Å². The van der Waals surface area contributed by atoms with Crippen LogP contribution in [-0.4, -0.2) is 70.9 Å². The third-order valence-corrected chi connectivity index (χ3v) is 7.16. The first-order chi connectivity index (χ1) is 12.9. The summed E-state index contributed by atoms with van der Waals surface area (Å²) in [6.45, 7) is 5.77. The Labute approximate surface area is 188 Å². The molecule has 0 aromatic rings. The predicted octanol–water partition coefficient (Wildman–Crippen LogP) is 2.43. The molecule has 166 valence electrons. The summed E-state index contributed by atoms with van der Waals surface area (Å²) in [5.41, 5.74) is 0. The Hall–Kier alpha value is -0.130. The van der Waals surface area contributed by atoms with Crippen molar-refractivity contribution < 1.29 is 13.2 Å². The number of sulfonamides is 1. The second-order valence-corrected chi connectivity index (χ2v) is 9.79. The van der Waals surface area contributed by atoms with Crippen LogP contribution in [0.5, 0.6) is 0 Å². The molecule has 2 rings (SSSR count). The lowest BCUT2D eigenvalue weighted by atomic mass is 9.98. The lowest BCUT2D eigenvalue weighted by Crippen LogP contribution is -2.44. The number of hydrogen-bond donors (Lipinski definition) is 2. The minimum atomic E-state index is -3.05. The number of ether oxygens (including phenoxy) is 1. The zero-order chi connectivity index (χ0) is 19.7. The van der Waals surface area contributed by atoms with Crippen molar-refractivity contribution in [3.63, 3.8) is 0 Å². The minimum Gasteiger partial charge on any atom is -0.378 e. The highest BCUT2D eigenvalue weighted by atomic mass is 127. The molecule has 1 saturated heterocycles. The average Bonchev–Trinajstić information content (AvgIpc) is 3.18. The molecule has 1 aliphatic carbocycles. The Balaban J connectivity index is 0.00000392. The van der Waals surface area contributed by atoms with E-state index >= 15 is 0 Å². The van der Waals surface area contributed by atoms with Crippen LogP contribution < -0.4 is 10.6 Å². The van der Waals surface area contributed by atoms with Crippen LogP contribution in [0.25, 0.3) is 0 Å². The third kappa shape index (κ3) is 8.71. The Morgan fingerprint density at radius 3 is 2.36 bits per heavy atom. The number of piperidine rings is 1. The second-order valence-electron chi connectivity index (χ2n) is 7.81. The van der Waals surface area contributed by atoms with Gasteiger partial charge in [-0.3, -0.25) is 4.99 Å². The van der Waals surface area contributed by atoms with Crippen LogP contribution in [0.3, 0.4) is 0 Å². The summed E-state index contributed by atoms with van der Waals surface area (Å²) in [5, 5.41) is 6.81. The molecule has 0 aromatic carbocycles. The fraction of sp³-hybridized carbons (Fsp3) is 0.947. The lowest BCUT2D eigenvalue weighted by molar-refractivity contribution is 0.0169. The van der Waals surface area contributed by atoms with E-state index in [1.54, 1.807) is 11.4 Å². The summed E-state index contributed by atoms with van der Waals surface area (Å²) in [4.78, 5) is 4.31. The summed E-state index contributed by atoms with van der Waals surface area (Å²) in [6.07, 6.45) is 9.70. The molecular formula is C19H39IN4O3S. The van der Waals surface area contributed by atoms with Crippen LogP contribution in [0.4, 0.5) is 0 Å². The third-order valence-electron chi connectivity index (χ3n) is 5.85. The zero-order valence-corrected chi connectivity index (χ0v) is 20.8. The Morgan fingerprint density at radius 2 is 1.82 bits per heavy atom. The van der Waals surface area contributed by atoms with E-state index in [-0.39, 0.29) is 24.0 Å². The normalized spacial score (nSPS) is 21.3. The molecule has 2 N–H and O–H groups in total. The first kappa shape index (κ1) is 25.9. The summed E-state index contributed by atoms with van der Waals surface area (Å²) < 4.78 is 30.7. The van der Waals surface area contributed by atoms with E-state index in [0.717, 1.165) is 44.9 Å². The molecule has 0 spiro atoms. The number of nitrogens with one attached hydrogen (secondary N) is 2. The molecule has 7 nitrogen and oxygen atoms in total. The Kier molecular flexibility index (Phi) is 12.2. The molecule has 0 aromatic heterocycles. The van der Waals surface area contributed by atoms with E-state index in [1.807, 2.05) is 0 Å². The number of hydrogen-bond acceptors (Lipinski definition) is 4. The van der Waals surface area contributed by atoms with Gasteiger partial charge in [0.15, 0.2) is 5.96 Å². The van der Waals surface area contributed by atoms with Gasteiger partial charge in [-0.05, 0) is 50.9 Å². The van der Waals surface area contributed by atoms with E-state index in [9.17, 15) is 8.42 Å². The van der Waals surface area contributed by atoms with Crippen LogP contribution in [0.1, 0.15) is 51.9 Å². The van der Waals surface area contributed by atoms with E-state index < -0.39 is 10.0 Å². The summed E-state index contributed by atoms with van der Waals surface area (Å²) in [6, 6.07) is 0. The number of aliphatic imine (C=N–C) groups is 1. The van der Waals surface area contributed by atoms with Crippen molar-refractivity contribution in [2.45, 2.75) is 58.0 Å². The van der Waals surface area contributed by atoms with Crippen LogP contribution in [0.2, 0.25) is 0 Å². The maximum Gasteiger partial charge on any atom is 0.211 e. The quantitative estimate of drug-likeness (QED) is 0.272. The average molecular weight is 531 g/mol. The number of halogens is 1. The first-order valence-corrected chi connectivity index (χ1v) is 12.3. The summed E-state index contributed by atoms with van der Waals surface area (Å²) >= 11 is 0. The van der Waals surface area contributed by atoms with E-state index in [4.69, 9.17) is 4.74 Å². The van der Waals surface area contributed by atoms with Crippen molar-refractivity contribution in [3.05, 3.63) is 0 Å². The molecular weight excluding hydrogens is 491 g/mol. The maximum atomic E-state index is 11.6. The summed E-state index contributed by atoms with van der Waals surface area (Å²) in [7, 11) is -1.26. The second kappa shape index (κ2) is 13.2. The molecule has 1 heterocycles.